The Hall–Kier alpha value is -3.22. The summed E-state index contributed by atoms with van der Waals surface area (Å²) >= 11 is 0. The highest BCUT2D eigenvalue weighted by atomic mass is 16.2. The number of hydrogen-bond acceptors (Lipinski definition) is 4. The predicted molar refractivity (Wildman–Crippen MR) is 103 cm³/mol. The zero-order valence-corrected chi connectivity index (χ0v) is 15.5. The first kappa shape index (κ1) is 17.2. The number of rotatable bonds is 3. The van der Waals surface area contributed by atoms with Gasteiger partial charge in [-0.3, -0.25) is 4.98 Å². The average molecular weight is 362 g/mol. The fourth-order valence-electron chi connectivity index (χ4n) is 3.62. The molecule has 7 nitrogen and oxygen atoms in total. The summed E-state index contributed by atoms with van der Waals surface area (Å²) in [5.41, 5.74) is 3.65. The van der Waals surface area contributed by atoms with Crippen molar-refractivity contribution in [2.24, 2.45) is 7.05 Å². The Morgan fingerprint density at radius 2 is 2.11 bits per heavy atom. The van der Waals surface area contributed by atoms with Crippen LogP contribution in [0.3, 0.4) is 0 Å². The van der Waals surface area contributed by atoms with Crippen LogP contribution in [-0.2, 0) is 7.05 Å². The highest BCUT2D eigenvalue weighted by Crippen LogP contribution is 2.32. The van der Waals surface area contributed by atoms with Gasteiger partial charge in [0.2, 0.25) is 0 Å². The van der Waals surface area contributed by atoms with Crippen LogP contribution in [0, 0.1) is 6.92 Å². The van der Waals surface area contributed by atoms with E-state index in [4.69, 9.17) is 0 Å². The summed E-state index contributed by atoms with van der Waals surface area (Å²) in [6, 6.07) is 11.6. The normalized spacial score (nSPS) is 16.5. The van der Waals surface area contributed by atoms with Gasteiger partial charge in [-0.15, -0.1) is 10.2 Å². The molecule has 2 amide bonds. The maximum Gasteiger partial charge on any atom is 0.322 e. The van der Waals surface area contributed by atoms with Crippen LogP contribution >= 0.6 is 0 Å². The van der Waals surface area contributed by atoms with Crippen molar-refractivity contribution in [1.82, 2.24) is 24.6 Å². The van der Waals surface area contributed by atoms with Crippen molar-refractivity contribution in [1.29, 1.82) is 0 Å². The molecule has 1 fully saturated rings. The van der Waals surface area contributed by atoms with E-state index in [-0.39, 0.29) is 12.1 Å². The van der Waals surface area contributed by atoms with Crippen molar-refractivity contribution >= 4 is 11.7 Å². The number of pyridine rings is 1. The van der Waals surface area contributed by atoms with Crippen LogP contribution in [0.15, 0.2) is 48.9 Å². The first-order valence-corrected chi connectivity index (χ1v) is 9.07. The van der Waals surface area contributed by atoms with E-state index in [9.17, 15) is 4.79 Å². The lowest BCUT2D eigenvalue weighted by molar-refractivity contribution is 0.206. The number of amides is 2. The van der Waals surface area contributed by atoms with Gasteiger partial charge in [0.05, 0.1) is 11.7 Å². The van der Waals surface area contributed by atoms with Crippen molar-refractivity contribution in [3.8, 4) is 11.4 Å². The van der Waals surface area contributed by atoms with Crippen molar-refractivity contribution < 1.29 is 4.79 Å². The number of aromatic nitrogens is 4. The first-order chi connectivity index (χ1) is 13.1. The Balaban J connectivity index is 1.57. The molecule has 7 heteroatoms. The molecule has 1 N–H and O–H groups in total. The zero-order chi connectivity index (χ0) is 18.8. The number of nitrogens with one attached hydrogen (secondary N) is 1. The minimum absolute atomic E-state index is 0.0217. The number of nitrogens with zero attached hydrogens (tertiary/aromatic N) is 5. The van der Waals surface area contributed by atoms with Crippen molar-refractivity contribution in [2.45, 2.75) is 25.8 Å². The molecular formula is C20H22N6O. The first-order valence-electron chi connectivity index (χ1n) is 9.07. The summed E-state index contributed by atoms with van der Waals surface area (Å²) in [6.07, 6.45) is 5.36. The minimum atomic E-state index is -0.0960. The molecule has 0 aliphatic carbocycles. The van der Waals surface area contributed by atoms with E-state index < -0.39 is 0 Å². The lowest BCUT2D eigenvalue weighted by Crippen LogP contribution is -2.35. The number of aryl methyl sites for hydroxylation is 1. The van der Waals surface area contributed by atoms with Gasteiger partial charge in [-0.25, -0.2) is 4.79 Å². The fraction of sp³-hybridized carbons (Fsp3) is 0.300. The van der Waals surface area contributed by atoms with Gasteiger partial charge < -0.3 is 14.8 Å². The Morgan fingerprint density at radius 3 is 2.85 bits per heavy atom. The molecule has 4 rings (SSSR count). The molecule has 0 radical (unpaired) electrons. The molecule has 1 aliphatic heterocycles. The maximum absolute atomic E-state index is 13.0. The van der Waals surface area contributed by atoms with E-state index in [0.29, 0.717) is 0 Å². The second kappa shape index (κ2) is 7.19. The van der Waals surface area contributed by atoms with Gasteiger partial charge in [0.25, 0.3) is 0 Å². The standard InChI is InChI=1S/C20H22N6O/c1-14-15(19-24-22-13-25(19)2)7-5-9-16(14)23-20(27)26-12-6-10-18(26)17-8-3-4-11-21-17/h3-5,7-9,11,13,18H,6,10,12H2,1-2H3,(H,23,27)/t18-/m0/s1. The smallest absolute Gasteiger partial charge is 0.317 e. The second-order valence-corrected chi connectivity index (χ2v) is 6.78. The number of hydrogen-bond donors (Lipinski definition) is 1. The van der Waals surface area contributed by atoms with Gasteiger partial charge in [-0.1, -0.05) is 18.2 Å². The monoisotopic (exact) mass is 362 g/mol. The number of carbonyl (C=O) groups is 1. The Bertz CT molecular complexity index is 952. The summed E-state index contributed by atoms with van der Waals surface area (Å²) in [7, 11) is 1.90. The van der Waals surface area contributed by atoms with Crippen LogP contribution in [0.25, 0.3) is 11.4 Å². The summed E-state index contributed by atoms with van der Waals surface area (Å²) in [5, 5.41) is 11.2. The SMILES string of the molecule is Cc1c(NC(=O)N2CCC[C@H]2c2ccccn2)cccc1-c1nncn1C. The summed E-state index contributed by atoms with van der Waals surface area (Å²) in [5.74, 6) is 0.774. The second-order valence-electron chi connectivity index (χ2n) is 6.78. The molecule has 3 heterocycles. The van der Waals surface area contributed by atoms with Crippen molar-refractivity contribution in [3.05, 3.63) is 60.2 Å². The number of urea groups is 1. The molecule has 1 aromatic carbocycles. The zero-order valence-electron chi connectivity index (χ0n) is 15.5. The van der Waals surface area contributed by atoms with Crippen molar-refractivity contribution in [3.63, 3.8) is 0 Å². The molecule has 0 spiro atoms. The fourth-order valence-corrected chi connectivity index (χ4v) is 3.62. The molecule has 1 aliphatic rings. The molecule has 2 aromatic heterocycles. The third kappa shape index (κ3) is 3.28. The lowest BCUT2D eigenvalue weighted by Gasteiger charge is -2.25. The van der Waals surface area contributed by atoms with E-state index in [1.54, 1.807) is 12.5 Å². The van der Waals surface area contributed by atoms with E-state index >= 15 is 0 Å². The van der Waals surface area contributed by atoms with Gasteiger partial charge in [0, 0.05) is 31.0 Å². The average Bonchev–Trinajstić information content (AvgIpc) is 3.33. The van der Waals surface area contributed by atoms with E-state index in [1.807, 2.05) is 59.8 Å². The van der Waals surface area contributed by atoms with Crippen LogP contribution in [0.5, 0.6) is 0 Å². The maximum atomic E-state index is 13.0. The molecule has 27 heavy (non-hydrogen) atoms. The van der Waals surface area contributed by atoms with Gasteiger partial charge in [0.15, 0.2) is 5.82 Å². The Labute approximate surface area is 158 Å². The third-order valence-electron chi connectivity index (χ3n) is 5.07. The summed E-state index contributed by atoms with van der Waals surface area (Å²) in [6.45, 7) is 2.72. The number of carbonyl (C=O) groups excluding carboxylic acids is 1. The highest BCUT2D eigenvalue weighted by molar-refractivity contribution is 5.91. The van der Waals surface area contributed by atoms with E-state index in [2.05, 4.69) is 20.5 Å². The van der Waals surface area contributed by atoms with Crippen molar-refractivity contribution in [2.75, 3.05) is 11.9 Å². The molecule has 1 saturated heterocycles. The largest absolute Gasteiger partial charge is 0.322 e. The minimum Gasteiger partial charge on any atom is -0.317 e. The van der Waals surface area contributed by atoms with Gasteiger partial charge in [-0.2, -0.15) is 0 Å². The molecule has 0 saturated carbocycles. The Kier molecular flexibility index (Phi) is 4.58. The van der Waals surface area contributed by atoms with Gasteiger partial charge in [-0.05, 0) is 43.5 Å². The molecule has 0 bridgehead atoms. The van der Waals surface area contributed by atoms with Crippen LogP contribution in [0.1, 0.15) is 30.1 Å². The van der Waals surface area contributed by atoms with E-state index in [1.165, 1.54) is 0 Å². The van der Waals surface area contributed by atoms with Gasteiger partial charge in [0.1, 0.15) is 6.33 Å². The number of likely N-dealkylation sites (tertiary alicyclic amines) is 1. The molecular weight excluding hydrogens is 340 g/mol. The van der Waals surface area contributed by atoms with E-state index in [0.717, 1.165) is 47.7 Å². The quantitative estimate of drug-likeness (QED) is 0.773. The number of benzene rings is 1. The summed E-state index contributed by atoms with van der Waals surface area (Å²) < 4.78 is 1.87. The Morgan fingerprint density at radius 1 is 1.22 bits per heavy atom. The number of anilines is 1. The third-order valence-corrected chi connectivity index (χ3v) is 5.07. The molecule has 1 atom stereocenters. The molecule has 0 unspecified atom stereocenters. The van der Waals surface area contributed by atoms with Crippen LogP contribution in [0.2, 0.25) is 0 Å². The lowest BCUT2D eigenvalue weighted by atomic mass is 10.1. The predicted octanol–water partition coefficient (Wildman–Crippen LogP) is 3.55. The topological polar surface area (TPSA) is 75.9 Å². The highest BCUT2D eigenvalue weighted by Gasteiger charge is 2.31. The van der Waals surface area contributed by atoms with Gasteiger partial charge >= 0.3 is 6.03 Å². The van der Waals surface area contributed by atoms with Crippen LogP contribution < -0.4 is 5.32 Å². The molecule has 138 valence electrons. The summed E-state index contributed by atoms with van der Waals surface area (Å²) in [4.78, 5) is 19.3. The van der Waals surface area contributed by atoms with Crippen LogP contribution in [0.4, 0.5) is 10.5 Å². The molecule has 3 aromatic rings. The van der Waals surface area contributed by atoms with Crippen LogP contribution in [-0.4, -0.2) is 37.2 Å².